The molecular weight excluding hydrogens is 252 g/mol. The number of aromatic nitrogens is 2. The number of aromatic amines is 1. The third-order valence-electron chi connectivity index (χ3n) is 4.67. The van der Waals surface area contributed by atoms with Gasteiger partial charge < -0.3 is 5.32 Å². The van der Waals surface area contributed by atoms with Gasteiger partial charge in [0.05, 0.1) is 0 Å². The quantitative estimate of drug-likeness (QED) is 0.876. The van der Waals surface area contributed by atoms with Gasteiger partial charge in [-0.2, -0.15) is 5.10 Å². The molecule has 1 fully saturated rings. The Morgan fingerprint density at radius 2 is 2.25 bits per heavy atom. The number of nitrogens with one attached hydrogen (secondary N) is 2. The van der Waals surface area contributed by atoms with Crippen LogP contribution in [-0.4, -0.2) is 46.7 Å². The minimum atomic E-state index is -0.00708. The summed E-state index contributed by atoms with van der Waals surface area (Å²) in [5, 5.41) is 10.3. The number of hydrogen-bond acceptors (Lipinski definition) is 3. The fourth-order valence-corrected chi connectivity index (χ4v) is 3.51. The van der Waals surface area contributed by atoms with E-state index in [2.05, 4.69) is 27.3 Å². The zero-order valence-electron chi connectivity index (χ0n) is 12.2. The molecule has 0 bridgehead atoms. The third-order valence-corrected chi connectivity index (χ3v) is 4.67. The van der Waals surface area contributed by atoms with E-state index in [1.165, 1.54) is 25.7 Å². The van der Waals surface area contributed by atoms with Gasteiger partial charge in [0.25, 0.3) is 5.91 Å². The zero-order valence-corrected chi connectivity index (χ0v) is 12.2. The van der Waals surface area contributed by atoms with Crippen LogP contribution in [0.2, 0.25) is 0 Å². The highest BCUT2D eigenvalue weighted by Gasteiger charge is 2.25. The van der Waals surface area contributed by atoms with E-state index in [4.69, 9.17) is 0 Å². The maximum Gasteiger partial charge on any atom is 0.272 e. The van der Waals surface area contributed by atoms with Crippen LogP contribution in [0.15, 0.2) is 0 Å². The number of rotatable bonds is 4. The predicted octanol–water partition coefficient (Wildman–Crippen LogP) is 1.50. The summed E-state index contributed by atoms with van der Waals surface area (Å²) in [6, 6.07) is 0.499. The summed E-state index contributed by atoms with van der Waals surface area (Å²) in [5.41, 5.74) is 2.94. The highest BCUT2D eigenvalue weighted by molar-refractivity contribution is 5.94. The first kappa shape index (κ1) is 13.6. The van der Waals surface area contributed by atoms with E-state index in [0.29, 0.717) is 11.7 Å². The minimum absolute atomic E-state index is 0.00708. The first-order valence-corrected chi connectivity index (χ1v) is 7.88. The lowest BCUT2D eigenvalue weighted by Crippen LogP contribution is -2.40. The Hall–Kier alpha value is -1.36. The molecule has 1 amide bonds. The van der Waals surface area contributed by atoms with Crippen molar-refractivity contribution < 1.29 is 4.79 Å². The smallest absolute Gasteiger partial charge is 0.272 e. The summed E-state index contributed by atoms with van der Waals surface area (Å²) >= 11 is 0. The van der Waals surface area contributed by atoms with Gasteiger partial charge in [-0.05, 0) is 51.6 Å². The first-order valence-electron chi connectivity index (χ1n) is 7.88. The van der Waals surface area contributed by atoms with Crippen molar-refractivity contribution in [3.05, 3.63) is 17.0 Å². The van der Waals surface area contributed by atoms with Gasteiger partial charge in [-0.3, -0.25) is 14.8 Å². The van der Waals surface area contributed by atoms with Crippen molar-refractivity contribution in [2.75, 3.05) is 19.6 Å². The maximum absolute atomic E-state index is 12.3. The van der Waals surface area contributed by atoms with Crippen LogP contribution in [0.4, 0.5) is 0 Å². The Balaban J connectivity index is 1.61. The second-order valence-electron chi connectivity index (χ2n) is 5.87. The summed E-state index contributed by atoms with van der Waals surface area (Å²) in [6.07, 6.45) is 6.81. The topological polar surface area (TPSA) is 61.0 Å². The lowest BCUT2D eigenvalue weighted by atomic mass is 9.96. The van der Waals surface area contributed by atoms with Gasteiger partial charge in [-0.1, -0.05) is 6.92 Å². The molecule has 1 aromatic rings. The van der Waals surface area contributed by atoms with E-state index in [-0.39, 0.29) is 5.91 Å². The number of H-pyrrole nitrogens is 1. The molecule has 3 rings (SSSR count). The lowest BCUT2D eigenvalue weighted by molar-refractivity contribution is 0.0935. The molecule has 5 nitrogen and oxygen atoms in total. The average molecular weight is 276 g/mol. The number of carbonyl (C=O) groups is 1. The summed E-state index contributed by atoms with van der Waals surface area (Å²) < 4.78 is 0. The normalized spacial score (nSPS) is 22.8. The number of carbonyl (C=O) groups excluding carboxylic acids is 1. The van der Waals surface area contributed by atoms with E-state index >= 15 is 0 Å². The van der Waals surface area contributed by atoms with Crippen molar-refractivity contribution in [2.24, 2.45) is 0 Å². The molecule has 1 aliphatic heterocycles. The number of amides is 1. The van der Waals surface area contributed by atoms with Gasteiger partial charge in [0.15, 0.2) is 5.69 Å². The van der Waals surface area contributed by atoms with E-state index < -0.39 is 0 Å². The van der Waals surface area contributed by atoms with Crippen molar-refractivity contribution in [3.8, 4) is 0 Å². The molecule has 1 aromatic heterocycles. The predicted molar refractivity (Wildman–Crippen MR) is 77.8 cm³/mol. The molecule has 0 unspecified atom stereocenters. The molecule has 2 N–H and O–H groups in total. The fraction of sp³-hybridized carbons (Fsp3) is 0.733. The number of likely N-dealkylation sites (N-methyl/N-ethyl adjacent to an activating group) is 1. The first-order chi connectivity index (χ1) is 9.79. The van der Waals surface area contributed by atoms with E-state index in [1.54, 1.807) is 0 Å². The molecule has 1 atom stereocenters. The standard InChI is InChI=1S/C15H24N4O/c1-2-19-9-5-6-11(19)10-16-15(20)14-12-7-3-4-8-13(12)17-18-14/h11H,2-10H2,1H3,(H,16,20)(H,17,18)/t11-/m1/s1. The summed E-state index contributed by atoms with van der Waals surface area (Å²) in [6.45, 7) is 5.16. The Morgan fingerprint density at radius 3 is 3.10 bits per heavy atom. The van der Waals surface area contributed by atoms with Crippen LogP contribution in [0.5, 0.6) is 0 Å². The van der Waals surface area contributed by atoms with Crippen molar-refractivity contribution in [3.63, 3.8) is 0 Å². The zero-order chi connectivity index (χ0) is 13.9. The van der Waals surface area contributed by atoms with E-state index in [0.717, 1.165) is 43.7 Å². The van der Waals surface area contributed by atoms with Gasteiger partial charge in [0.2, 0.25) is 0 Å². The van der Waals surface area contributed by atoms with Crippen LogP contribution in [0.1, 0.15) is 54.4 Å². The van der Waals surface area contributed by atoms with Gasteiger partial charge in [-0.25, -0.2) is 0 Å². The largest absolute Gasteiger partial charge is 0.349 e. The fourth-order valence-electron chi connectivity index (χ4n) is 3.51. The Kier molecular flexibility index (Phi) is 4.05. The second-order valence-corrected chi connectivity index (χ2v) is 5.87. The Morgan fingerprint density at radius 1 is 1.40 bits per heavy atom. The van der Waals surface area contributed by atoms with Crippen LogP contribution >= 0.6 is 0 Å². The van der Waals surface area contributed by atoms with Crippen molar-refractivity contribution in [1.29, 1.82) is 0 Å². The molecular formula is C15H24N4O. The SMILES string of the molecule is CCN1CCC[C@@H]1CNC(=O)c1n[nH]c2c1CCCC2. The molecule has 2 aliphatic rings. The number of hydrogen-bond donors (Lipinski definition) is 2. The molecule has 5 heteroatoms. The van der Waals surface area contributed by atoms with E-state index in [9.17, 15) is 4.79 Å². The average Bonchev–Trinajstić information content (AvgIpc) is 3.11. The lowest BCUT2D eigenvalue weighted by Gasteiger charge is -2.22. The number of likely N-dealkylation sites (tertiary alicyclic amines) is 1. The Labute approximate surface area is 120 Å². The van der Waals surface area contributed by atoms with Crippen LogP contribution in [0.25, 0.3) is 0 Å². The van der Waals surface area contributed by atoms with Crippen molar-refractivity contribution in [2.45, 2.75) is 51.5 Å². The minimum Gasteiger partial charge on any atom is -0.349 e. The summed E-state index contributed by atoms with van der Waals surface area (Å²) in [7, 11) is 0. The van der Waals surface area contributed by atoms with Gasteiger partial charge in [-0.15, -0.1) is 0 Å². The molecule has 0 radical (unpaired) electrons. The third kappa shape index (κ3) is 2.59. The van der Waals surface area contributed by atoms with Crippen LogP contribution in [0.3, 0.4) is 0 Å². The molecule has 0 spiro atoms. The second kappa shape index (κ2) is 5.95. The van der Waals surface area contributed by atoms with Crippen LogP contribution in [0, 0.1) is 0 Å². The number of fused-ring (bicyclic) bond motifs is 1. The van der Waals surface area contributed by atoms with E-state index in [1.807, 2.05) is 0 Å². The molecule has 1 saturated heterocycles. The molecule has 1 aliphatic carbocycles. The number of nitrogens with zero attached hydrogens (tertiary/aromatic N) is 2. The molecule has 20 heavy (non-hydrogen) atoms. The van der Waals surface area contributed by atoms with Gasteiger partial charge in [0.1, 0.15) is 0 Å². The van der Waals surface area contributed by atoms with Crippen LogP contribution in [-0.2, 0) is 12.8 Å². The van der Waals surface area contributed by atoms with Crippen LogP contribution < -0.4 is 5.32 Å². The van der Waals surface area contributed by atoms with Crippen molar-refractivity contribution >= 4 is 5.91 Å². The highest BCUT2D eigenvalue weighted by Crippen LogP contribution is 2.22. The molecule has 0 aromatic carbocycles. The maximum atomic E-state index is 12.3. The monoisotopic (exact) mass is 276 g/mol. The van der Waals surface area contributed by atoms with Crippen molar-refractivity contribution in [1.82, 2.24) is 20.4 Å². The highest BCUT2D eigenvalue weighted by atomic mass is 16.1. The molecule has 0 saturated carbocycles. The van der Waals surface area contributed by atoms with Gasteiger partial charge in [0, 0.05) is 23.8 Å². The summed E-state index contributed by atoms with van der Waals surface area (Å²) in [5.74, 6) is -0.00708. The Bertz CT molecular complexity index is 482. The summed E-state index contributed by atoms with van der Waals surface area (Å²) in [4.78, 5) is 14.8. The number of aryl methyl sites for hydroxylation is 1. The van der Waals surface area contributed by atoms with Gasteiger partial charge >= 0.3 is 0 Å². The molecule has 2 heterocycles. The molecule has 110 valence electrons.